The van der Waals surface area contributed by atoms with E-state index >= 15 is 0 Å². The highest BCUT2D eigenvalue weighted by Gasteiger charge is 2.33. The molecule has 0 unspecified atom stereocenters. The molecule has 22 heavy (non-hydrogen) atoms. The normalized spacial score (nSPS) is 23.0. The van der Waals surface area contributed by atoms with Gasteiger partial charge in [0.2, 0.25) is 5.91 Å². The van der Waals surface area contributed by atoms with Crippen LogP contribution >= 0.6 is 0 Å². The number of amides is 1. The van der Waals surface area contributed by atoms with Gasteiger partial charge in [-0.2, -0.15) is 0 Å². The van der Waals surface area contributed by atoms with Crippen molar-refractivity contribution in [2.45, 2.75) is 38.0 Å². The maximum atomic E-state index is 12.3. The van der Waals surface area contributed by atoms with E-state index < -0.39 is 0 Å². The second-order valence-electron chi connectivity index (χ2n) is 6.63. The number of nitrogens with one attached hydrogen (secondary N) is 1. The minimum absolute atomic E-state index is 0.135. The van der Waals surface area contributed by atoms with Gasteiger partial charge in [0.25, 0.3) is 0 Å². The molecule has 2 aliphatic rings. The highest BCUT2D eigenvalue weighted by Crippen LogP contribution is 2.44. The monoisotopic (exact) mass is 303 g/mol. The van der Waals surface area contributed by atoms with Crippen LogP contribution in [0.15, 0.2) is 24.3 Å². The van der Waals surface area contributed by atoms with Crippen molar-refractivity contribution in [1.82, 2.24) is 5.32 Å². The molecule has 1 aromatic rings. The van der Waals surface area contributed by atoms with Crippen LogP contribution in [0.4, 0.5) is 0 Å². The summed E-state index contributed by atoms with van der Waals surface area (Å²) in [6.07, 6.45) is 5.19. The summed E-state index contributed by atoms with van der Waals surface area (Å²) in [5.41, 5.74) is 1.16. The minimum atomic E-state index is 0.135. The van der Waals surface area contributed by atoms with Gasteiger partial charge >= 0.3 is 0 Å². The van der Waals surface area contributed by atoms with Gasteiger partial charge in [-0.3, -0.25) is 4.79 Å². The third-order valence-corrected chi connectivity index (χ3v) is 4.76. The first-order chi connectivity index (χ1) is 10.7. The van der Waals surface area contributed by atoms with E-state index in [1.165, 1.54) is 12.8 Å². The Kier molecular flexibility index (Phi) is 4.98. The second-order valence-corrected chi connectivity index (χ2v) is 6.63. The largest absolute Gasteiger partial charge is 0.508 e. The molecule has 1 aliphatic heterocycles. The number of hydrogen-bond acceptors (Lipinski definition) is 3. The third-order valence-electron chi connectivity index (χ3n) is 4.76. The molecule has 0 radical (unpaired) electrons. The number of carbonyl (C=O) groups excluding carboxylic acids is 1. The zero-order valence-electron chi connectivity index (χ0n) is 13.0. The molecule has 0 spiro atoms. The standard InChI is InChI=1S/C18H25NO3/c20-16-7-5-15(6-8-16)17(14-3-4-14)10-18(21)19-11-13-2-1-9-22-12-13/h5-8,13-14,17,20H,1-4,9-12H2,(H,19,21)/t13-,17-/m1/s1. The molecule has 1 saturated heterocycles. The number of phenols is 1. The predicted octanol–water partition coefficient (Wildman–Crippen LogP) is 2.82. The summed E-state index contributed by atoms with van der Waals surface area (Å²) in [7, 11) is 0. The minimum Gasteiger partial charge on any atom is -0.508 e. The summed E-state index contributed by atoms with van der Waals surface area (Å²) >= 11 is 0. The van der Waals surface area contributed by atoms with Gasteiger partial charge in [-0.25, -0.2) is 0 Å². The van der Waals surface area contributed by atoms with Crippen molar-refractivity contribution in [3.63, 3.8) is 0 Å². The van der Waals surface area contributed by atoms with Crippen LogP contribution in [-0.4, -0.2) is 30.8 Å². The van der Waals surface area contributed by atoms with Crippen LogP contribution in [0.3, 0.4) is 0 Å². The molecular formula is C18H25NO3. The summed E-state index contributed by atoms with van der Waals surface area (Å²) in [4.78, 5) is 12.3. The smallest absolute Gasteiger partial charge is 0.220 e. The van der Waals surface area contributed by atoms with Crippen molar-refractivity contribution in [3.8, 4) is 5.75 Å². The first kappa shape index (κ1) is 15.3. The number of benzene rings is 1. The van der Waals surface area contributed by atoms with Crippen LogP contribution in [0, 0.1) is 11.8 Å². The van der Waals surface area contributed by atoms with Crippen molar-refractivity contribution >= 4 is 5.91 Å². The molecule has 1 aliphatic carbocycles. The van der Waals surface area contributed by atoms with Gasteiger partial charge in [-0.05, 0) is 61.1 Å². The molecule has 120 valence electrons. The number of aromatic hydroxyl groups is 1. The van der Waals surface area contributed by atoms with Crippen LogP contribution < -0.4 is 5.32 Å². The van der Waals surface area contributed by atoms with Crippen molar-refractivity contribution < 1.29 is 14.6 Å². The molecule has 0 aromatic heterocycles. The van der Waals surface area contributed by atoms with E-state index in [0.29, 0.717) is 18.3 Å². The molecule has 1 amide bonds. The number of hydrogen-bond donors (Lipinski definition) is 2. The van der Waals surface area contributed by atoms with Crippen LogP contribution in [-0.2, 0) is 9.53 Å². The number of phenolic OH excluding ortho intramolecular Hbond substituents is 1. The zero-order valence-corrected chi connectivity index (χ0v) is 13.0. The Labute approximate surface area is 131 Å². The van der Waals surface area contributed by atoms with E-state index in [2.05, 4.69) is 5.32 Å². The molecule has 2 fully saturated rings. The fourth-order valence-electron chi connectivity index (χ4n) is 3.28. The Hall–Kier alpha value is -1.55. The SMILES string of the molecule is O=C(C[C@@H](c1ccc(O)cc1)C1CC1)NC[C@H]1CCCOC1. The van der Waals surface area contributed by atoms with Crippen LogP contribution in [0.1, 0.15) is 43.6 Å². The fourth-order valence-corrected chi connectivity index (χ4v) is 3.28. The molecule has 4 nitrogen and oxygen atoms in total. The van der Waals surface area contributed by atoms with Crippen molar-refractivity contribution in [1.29, 1.82) is 0 Å². The van der Waals surface area contributed by atoms with Crippen molar-refractivity contribution in [3.05, 3.63) is 29.8 Å². The molecule has 2 N–H and O–H groups in total. The summed E-state index contributed by atoms with van der Waals surface area (Å²) in [6, 6.07) is 7.31. The van der Waals surface area contributed by atoms with E-state index in [1.54, 1.807) is 12.1 Å². The Morgan fingerprint density at radius 3 is 2.68 bits per heavy atom. The Balaban J connectivity index is 1.52. The van der Waals surface area contributed by atoms with Crippen molar-refractivity contribution in [2.75, 3.05) is 19.8 Å². The lowest BCUT2D eigenvalue weighted by Gasteiger charge is -2.23. The van der Waals surface area contributed by atoms with E-state index in [9.17, 15) is 9.90 Å². The van der Waals surface area contributed by atoms with E-state index in [0.717, 1.165) is 38.2 Å². The van der Waals surface area contributed by atoms with Gasteiger partial charge in [0.05, 0.1) is 6.61 Å². The van der Waals surface area contributed by atoms with Gasteiger partial charge in [0.1, 0.15) is 5.75 Å². The first-order valence-corrected chi connectivity index (χ1v) is 8.36. The number of rotatable bonds is 6. The molecular weight excluding hydrogens is 278 g/mol. The van der Waals surface area contributed by atoms with Gasteiger partial charge in [-0.15, -0.1) is 0 Å². The predicted molar refractivity (Wildman–Crippen MR) is 84.7 cm³/mol. The lowest BCUT2D eigenvalue weighted by Crippen LogP contribution is -2.34. The topological polar surface area (TPSA) is 58.6 Å². The fraction of sp³-hybridized carbons (Fsp3) is 0.611. The maximum Gasteiger partial charge on any atom is 0.220 e. The van der Waals surface area contributed by atoms with Gasteiger partial charge in [-0.1, -0.05) is 12.1 Å². The Morgan fingerprint density at radius 1 is 1.27 bits per heavy atom. The average Bonchev–Trinajstić information content (AvgIpc) is 3.37. The van der Waals surface area contributed by atoms with Gasteiger partial charge in [0.15, 0.2) is 0 Å². The quantitative estimate of drug-likeness (QED) is 0.849. The number of ether oxygens (including phenoxy) is 1. The van der Waals surface area contributed by atoms with E-state index in [-0.39, 0.29) is 17.6 Å². The highest BCUT2D eigenvalue weighted by molar-refractivity contribution is 5.77. The maximum absolute atomic E-state index is 12.3. The van der Waals surface area contributed by atoms with Crippen LogP contribution in [0.25, 0.3) is 0 Å². The van der Waals surface area contributed by atoms with Crippen molar-refractivity contribution in [2.24, 2.45) is 11.8 Å². The average molecular weight is 303 g/mol. The van der Waals surface area contributed by atoms with Gasteiger partial charge in [0, 0.05) is 19.6 Å². The number of carbonyl (C=O) groups is 1. The van der Waals surface area contributed by atoms with E-state index in [4.69, 9.17) is 4.74 Å². The lowest BCUT2D eigenvalue weighted by molar-refractivity contribution is -0.122. The Bertz CT molecular complexity index is 490. The molecule has 1 heterocycles. The molecule has 1 aromatic carbocycles. The Morgan fingerprint density at radius 2 is 2.05 bits per heavy atom. The van der Waals surface area contributed by atoms with Crippen LogP contribution in [0.2, 0.25) is 0 Å². The molecule has 1 saturated carbocycles. The zero-order chi connectivity index (χ0) is 15.4. The van der Waals surface area contributed by atoms with Gasteiger partial charge < -0.3 is 15.2 Å². The lowest BCUT2D eigenvalue weighted by atomic mass is 9.90. The summed E-state index contributed by atoms with van der Waals surface area (Å²) in [5, 5.41) is 12.5. The second kappa shape index (κ2) is 7.14. The third kappa shape index (κ3) is 4.23. The summed E-state index contributed by atoms with van der Waals surface area (Å²) < 4.78 is 5.45. The first-order valence-electron chi connectivity index (χ1n) is 8.36. The molecule has 2 atom stereocenters. The van der Waals surface area contributed by atoms with E-state index in [1.807, 2.05) is 12.1 Å². The molecule has 3 rings (SSSR count). The summed E-state index contributed by atoms with van der Waals surface area (Å²) in [5.74, 6) is 1.78. The summed E-state index contributed by atoms with van der Waals surface area (Å²) in [6.45, 7) is 2.35. The highest BCUT2D eigenvalue weighted by atomic mass is 16.5. The molecule has 4 heteroatoms. The molecule has 0 bridgehead atoms. The van der Waals surface area contributed by atoms with Crippen LogP contribution in [0.5, 0.6) is 5.75 Å².